The highest BCUT2D eigenvalue weighted by Crippen LogP contribution is 2.53. The second-order valence-corrected chi connectivity index (χ2v) is 9.79. The van der Waals surface area contributed by atoms with Gasteiger partial charge < -0.3 is 14.2 Å². The van der Waals surface area contributed by atoms with Crippen molar-refractivity contribution in [1.82, 2.24) is 5.32 Å². The van der Waals surface area contributed by atoms with E-state index in [9.17, 15) is 14.5 Å². The van der Waals surface area contributed by atoms with E-state index in [0.29, 0.717) is 6.42 Å². The molecule has 0 spiro atoms. The van der Waals surface area contributed by atoms with Crippen molar-refractivity contribution in [2.24, 2.45) is 5.92 Å². The molecule has 0 bridgehead atoms. The van der Waals surface area contributed by atoms with Crippen molar-refractivity contribution in [2.45, 2.75) is 52.2 Å². The quantitative estimate of drug-likeness (QED) is 0.469. The van der Waals surface area contributed by atoms with E-state index in [1.165, 1.54) is 0 Å². The Balaban J connectivity index is 2.14. The highest BCUT2D eigenvalue weighted by atomic mass is 31.2. The lowest BCUT2D eigenvalue weighted by Gasteiger charge is -2.28. The number of carbonyl (C=O) groups is 1. The van der Waals surface area contributed by atoms with Gasteiger partial charge in [0.1, 0.15) is 11.8 Å². The van der Waals surface area contributed by atoms with Crippen LogP contribution < -0.4 is 5.32 Å². The van der Waals surface area contributed by atoms with E-state index < -0.39 is 25.4 Å². The summed E-state index contributed by atoms with van der Waals surface area (Å²) in [5.41, 5.74) is 1.72. The van der Waals surface area contributed by atoms with Gasteiger partial charge in [-0.3, -0.25) is 14.7 Å². The van der Waals surface area contributed by atoms with Crippen LogP contribution in [-0.4, -0.2) is 22.9 Å². The molecule has 6 nitrogen and oxygen atoms in total. The SMILES string of the molecule is CC(C)C[C@H](N[C@H](C)P(=O)(OCc1ccccc1)OCc1ccccc1)C(=O)O. The summed E-state index contributed by atoms with van der Waals surface area (Å²) in [7, 11) is -3.65. The molecule has 2 N–H and O–H groups in total. The first-order chi connectivity index (χ1) is 13.8. The van der Waals surface area contributed by atoms with Gasteiger partial charge >= 0.3 is 13.6 Å². The summed E-state index contributed by atoms with van der Waals surface area (Å²) in [6.45, 7) is 5.76. The van der Waals surface area contributed by atoms with Crippen molar-refractivity contribution in [3.63, 3.8) is 0 Å². The second-order valence-electron chi connectivity index (χ2n) is 7.42. The van der Waals surface area contributed by atoms with Crippen molar-refractivity contribution in [3.05, 3.63) is 71.8 Å². The molecule has 0 amide bonds. The molecule has 0 aliphatic carbocycles. The largest absolute Gasteiger partial charge is 0.480 e. The monoisotopic (exact) mass is 419 g/mol. The minimum absolute atomic E-state index is 0.112. The van der Waals surface area contributed by atoms with Crippen LogP contribution in [-0.2, 0) is 31.6 Å². The third-order valence-electron chi connectivity index (χ3n) is 4.43. The number of hydrogen-bond acceptors (Lipinski definition) is 5. The Morgan fingerprint density at radius 2 is 1.38 bits per heavy atom. The third-order valence-corrected chi connectivity index (χ3v) is 6.51. The number of nitrogens with one attached hydrogen (secondary N) is 1. The van der Waals surface area contributed by atoms with Gasteiger partial charge in [0.05, 0.1) is 13.2 Å². The van der Waals surface area contributed by atoms with Crippen molar-refractivity contribution < 1.29 is 23.5 Å². The molecule has 0 aliphatic heterocycles. The Morgan fingerprint density at radius 3 is 1.76 bits per heavy atom. The number of carboxylic acid groups (broad SMARTS) is 1. The highest BCUT2D eigenvalue weighted by molar-refractivity contribution is 7.54. The van der Waals surface area contributed by atoms with Gasteiger partial charge in [0.2, 0.25) is 0 Å². The van der Waals surface area contributed by atoms with Crippen LogP contribution in [0.3, 0.4) is 0 Å². The lowest BCUT2D eigenvalue weighted by Crippen LogP contribution is -2.43. The van der Waals surface area contributed by atoms with Crippen LogP contribution in [0.2, 0.25) is 0 Å². The number of benzene rings is 2. The maximum Gasteiger partial charge on any atom is 0.347 e. The van der Waals surface area contributed by atoms with E-state index in [-0.39, 0.29) is 19.1 Å². The number of carboxylic acids is 1. The van der Waals surface area contributed by atoms with E-state index >= 15 is 0 Å². The third kappa shape index (κ3) is 7.75. The zero-order valence-electron chi connectivity index (χ0n) is 17.2. The topological polar surface area (TPSA) is 84.9 Å². The summed E-state index contributed by atoms with van der Waals surface area (Å²) < 4.78 is 25.1. The molecular weight excluding hydrogens is 389 g/mol. The van der Waals surface area contributed by atoms with Crippen molar-refractivity contribution in [1.29, 1.82) is 0 Å². The normalized spacial score (nSPS) is 13.9. The van der Waals surface area contributed by atoms with Gasteiger partial charge in [-0.15, -0.1) is 0 Å². The summed E-state index contributed by atoms with van der Waals surface area (Å²) in [5, 5.41) is 12.5. The molecule has 0 aliphatic rings. The molecule has 29 heavy (non-hydrogen) atoms. The molecule has 158 valence electrons. The fraction of sp³-hybridized carbons (Fsp3) is 0.409. The minimum atomic E-state index is -3.65. The molecule has 0 radical (unpaired) electrons. The molecule has 0 saturated carbocycles. The molecule has 0 fully saturated rings. The Bertz CT molecular complexity index is 750. The maximum atomic E-state index is 13.6. The van der Waals surface area contributed by atoms with Crippen molar-refractivity contribution in [2.75, 3.05) is 0 Å². The minimum Gasteiger partial charge on any atom is -0.480 e. The standard InChI is InChI=1S/C22H30NO5P/c1-17(2)14-21(22(24)25)23-18(3)29(26,27-15-19-10-6-4-7-11-19)28-16-20-12-8-5-9-13-20/h4-13,17-18,21,23H,14-16H2,1-3H3,(H,24,25)/t18-,21-/m0/s1. The first-order valence-electron chi connectivity index (χ1n) is 9.75. The Labute approximate surface area is 172 Å². The molecule has 2 rings (SSSR count). The van der Waals surface area contributed by atoms with Crippen LogP contribution in [0.1, 0.15) is 38.3 Å². The van der Waals surface area contributed by atoms with E-state index in [1.54, 1.807) is 6.92 Å². The van der Waals surface area contributed by atoms with Crippen molar-refractivity contribution in [3.8, 4) is 0 Å². The Morgan fingerprint density at radius 1 is 0.931 bits per heavy atom. The van der Waals surface area contributed by atoms with Crippen LogP contribution in [0.5, 0.6) is 0 Å². The summed E-state index contributed by atoms with van der Waals surface area (Å²) >= 11 is 0. The van der Waals surface area contributed by atoms with E-state index in [4.69, 9.17) is 9.05 Å². The van der Waals surface area contributed by atoms with Crippen LogP contribution in [0.4, 0.5) is 0 Å². The first-order valence-corrected chi connectivity index (χ1v) is 11.4. The van der Waals surface area contributed by atoms with Crippen molar-refractivity contribution >= 4 is 13.6 Å². The first kappa shape index (κ1) is 23.3. The lowest BCUT2D eigenvalue weighted by molar-refractivity contribution is -0.140. The zero-order chi connectivity index (χ0) is 21.3. The number of aliphatic carboxylic acids is 1. The molecule has 0 saturated heterocycles. The predicted molar refractivity (Wildman–Crippen MR) is 114 cm³/mol. The lowest BCUT2D eigenvalue weighted by atomic mass is 10.0. The summed E-state index contributed by atoms with van der Waals surface area (Å²) in [6.07, 6.45) is 0.414. The summed E-state index contributed by atoms with van der Waals surface area (Å²) in [4.78, 5) is 11.6. The Hall–Kier alpha value is -1.98. The van der Waals surface area contributed by atoms with Crippen LogP contribution in [0, 0.1) is 5.92 Å². The average Bonchev–Trinajstić information content (AvgIpc) is 2.71. The van der Waals surface area contributed by atoms with Gasteiger partial charge in [-0.1, -0.05) is 74.5 Å². The predicted octanol–water partition coefficient (Wildman–Crippen LogP) is 5.05. The summed E-state index contributed by atoms with van der Waals surface area (Å²) in [5.74, 6) is -1.59. The molecule has 0 aromatic heterocycles. The highest BCUT2D eigenvalue weighted by Gasteiger charge is 2.36. The molecule has 2 atom stereocenters. The second kappa shape index (κ2) is 11.3. The van der Waals surface area contributed by atoms with Gasteiger partial charge in [0.15, 0.2) is 0 Å². The molecule has 0 unspecified atom stereocenters. The summed E-state index contributed by atoms with van der Waals surface area (Å²) in [6, 6.07) is 17.9. The van der Waals surface area contributed by atoms with Gasteiger partial charge in [0.25, 0.3) is 0 Å². The maximum absolute atomic E-state index is 13.6. The molecule has 2 aromatic rings. The fourth-order valence-electron chi connectivity index (χ4n) is 2.83. The Kier molecular flexibility index (Phi) is 9.05. The van der Waals surface area contributed by atoms with Gasteiger partial charge in [-0.2, -0.15) is 0 Å². The zero-order valence-corrected chi connectivity index (χ0v) is 18.0. The average molecular weight is 419 g/mol. The molecule has 0 heterocycles. The van der Waals surface area contributed by atoms with Crippen LogP contribution in [0.15, 0.2) is 60.7 Å². The van der Waals surface area contributed by atoms with E-state index in [2.05, 4.69) is 5.32 Å². The molecule has 2 aromatic carbocycles. The van der Waals surface area contributed by atoms with E-state index in [1.807, 2.05) is 74.5 Å². The van der Waals surface area contributed by atoms with Gasteiger partial charge in [0, 0.05) is 0 Å². The van der Waals surface area contributed by atoms with Crippen LogP contribution in [0.25, 0.3) is 0 Å². The smallest absolute Gasteiger partial charge is 0.347 e. The number of rotatable bonds is 12. The van der Waals surface area contributed by atoms with Gasteiger partial charge in [-0.25, -0.2) is 0 Å². The fourth-order valence-corrected chi connectivity index (χ4v) is 4.37. The van der Waals surface area contributed by atoms with Gasteiger partial charge in [-0.05, 0) is 30.4 Å². The van der Waals surface area contributed by atoms with Crippen LogP contribution >= 0.6 is 7.60 Å². The molecule has 7 heteroatoms. The number of hydrogen-bond donors (Lipinski definition) is 2. The molecular formula is C22H30NO5P. The van der Waals surface area contributed by atoms with E-state index in [0.717, 1.165) is 11.1 Å².